The summed E-state index contributed by atoms with van der Waals surface area (Å²) in [4.78, 5) is 22.7. The van der Waals surface area contributed by atoms with Gasteiger partial charge in [0.1, 0.15) is 6.10 Å². The van der Waals surface area contributed by atoms with E-state index >= 15 is 0 Å². The third-order valence-electron chi connectivity index (χ3n) is 3.84. The highest BCUT2D eigenvalue weighted by Crippen LogP contribution is 2.20. The molecule has 2 aromatic rings. The number of benzene rings is 1. The van der Waals surface area contributed by atoms with E-state index in [1.54, 1.807) is 6.20 Å². The number of aromatic nitrogens is 2. The molecule has 0 saturated carbocycles. The minimum atomic E-state index is -0.0899. The lowest BCUT2D eigenvalue weighted by Gasteiger charge is -2.32. The minimum absolute atomic E-state index is 0.0384. The fourth-order valence-corrected chi connectivity index (χ4v) is 3.01. The first-order valence-corrected chi connectivity index (χ1v) is 8.81. The zero-order chi connectivity index (χ0) is 16.9. The molecule has 0 N–H and O–H groups in total. The van der Waals surface area contributed by atoms with Gasteiger partial charge in [0.15, 0.2) is 0 Å². The number of amides is 1. The summed E-state index contributed by atoms with van der Waals surface area (Å²) < 4.78 is 12.0. The van der Waals surface area contributed by atoms with Crippen molar-refractivity contribution in [3.05, 3.63) is 45.8 Å². The van der Waals surface area contributed by atoms with Gasteiger partial charge in [-0.15, -0.1) is 0 Å². The maximum Gasteiger partial charge on any atom is 0.253 e. The van der Waals surface area contributed by atoms with Crippen LogP contribution in [0.15, 0.2) is 36.7 Å². The average molecular weight is 439 g/mol. The lowest BCUT2D eigenvalue weighted by molar-refractivity contribution is 0.0525. The second-order valence-electron chi connectivity index (χ2n) is 5.54. The second-order valence-corrected chi connectivity index (χ2v) is 6.79. The number of carbonyl (C=O) groups excluding carboxylic acids is 1. The third-order valence-corrected chi connectivity index (χ3v) is 4.56. The minimum Gasteiger partial charge on any atom is -0.480 e. The van der Waals surface area contributed by atoms with E-state index < -0.39 is 0 Å². The van der Waals surface area contributed by atoms with E-state index in [1.807, 2.05) is 29.2 Å². The van der Waals surface area contributed by atoms with Crippen molar-refractivity contribution in [2.75, 3.05) is 20.2 Å². The molecule has 2 heterocycles. The number of likely N-dealkylation sites (tertiary alicyclic amines) is 1. The van der Waals surface area contributed by atoms with Crippen molar-refractivity contribution < 1.29 is 14.3 Å². The summed E-state index contributed by atoms with van der Waals surface area (Å²) in [5.74, 6) is 0.870. The van der Waals surface area contributed by atoms with E-state index in [1.165, 1.54) is 13.3 Å². The third kappa shape index (κ3) is 4.14. The zero-order valence-corrected chi connectivity index (χ0v) is 15.5. The van der Waals surface area contributed by atoms with Crippen LogP contribution in [0.2, 0.25) is 0 Å². The molecule has 1 aliphatic rings. The molecule has 1 fully saturated rings. The van der Waals surface area contributed by atoms with Crippen LogP contribution >= 0.6 is 22.6 Å². The summed E-state index contributed by atoms with van der Waals surface area (Å²) in [6, 6.07) is 7.61. The summed E-state index contributed by atoms with van der Waals surface area (Å²) in [6.45, 7) is 1.29. The number of halogens is 1. The number of methoxy groups -OCH3 is 1. The number of ether oxygens (including phenoxy) is 2. The van der Waals surface area contributed by atoms with Crippen molar-refractivity contribution in [1.29, 1.82) is 0 Å². The largest absolute Gasteiger partial charge is 0.480 e. The van der Waals surface area contributed by atoms with E-state index in [0.717, 1.165) is 23.0 Å². The summed E-state index contributed by atoms with van der Waals surface area (Å²) in [6.07, 6.45) is 4.78. The molecule has 1 saturated heterocycles. The molecule has 0 radical (unpaired) electrons. The summed E-state index contributed by atoms with van der Waals surface area (Å²) in [7, 11) is 1.54. The van der Waals surface area contributed by atoms with Gasteiger partial charge in [0.2, 0.25) is 11.8 Å². The number of piperidine rings is 1. The Kier molecular flexibility index (Phi) is 5.49. The van der Waals surface area contributed by atoms with E-state index in [0.29, 0.717) is 23.9 Å². The fourth-order valence-electron chi connectivity index (χ4n) is 2.65. The van der Waals surface area contributed by atoms with Crippen LogP contribution in [0, 0.1) is 3.57 Å². The predicted octanol–water partition coefficient (Wildman–Crippen LogP) is 2.77. The van der Waals surface area contributed by atoms with Crippen LogP contribution in [0.4, 0.5) is 0 Å². The Morgan fingerprint density at radius 2 is 2.00 bits per heavy atom. The first kappa shape index (κ1) is 16.9. The van der Waals surface area contributed by atoms with Gasteiger partial charge in [0, 0.05) is 15.7 Å². The number of hydrogen-bond donors (Lipinski definition) is 0. The maximum absolute atomic E-state index is 12.6. The van der Waals surface area contributed by atoms with Crippen LogP contribution in [0.1, 0.15) is 23.2 Å². The Morgan fingerprint density at radius 3 is 2.75 bits per heavy atom. The molecule has 6 nitrogen and oxygen atoms in total. The van der Waals surface area contributed by atoms with Crippen LogP contribution in [0.5, 0.6) is 11.8 Å². The summed E-state index contributed by atoms with van der Waals surface area (Å²) >= 11 is 2.23. The number of carbonyl (C=O) groups is 1. The van der Waals surface area contributed by atoms with Crippen LogP contribution in [-0.4, -0.2) is 47.1 Å². The molecule has 1 amide bonds. The van der Waals surface area contributed by atoms with E-state index in [4.69, 9.17) is 9.47 Å². The summed E-state index contributed by atoms with van der Waals surface area (Å²) in [5.41, 5.74) is 0.706. The molecule has 126 valence electrons. The molecule has 0 aliphatic carbocycles. The average Bonchev–Trinajstić information content (AvgIpc) is 2.62. The van der Waals surface area contributed by atoms with Gasteiger partial charge in [-0.1, -0.05) is 0 Å². The molecule has 1 aromatic carbocycles. The molecular formula is C17H18IN3O3. The van der Waals surface area contributed by atoms with Gasteiger partial charge in [0.25, 0.3) is 5.91 Å². The highest BCUT2D eigenvalue weighted by molar-refractivity contribution is 14.1. The topological polar surface area (TPSA) is 64.6 Å². The van der Waals surface area contributed by atoms with Crippen molar-refractivity contribution in [3.8, 4) is 11.8 Å². The Morgan fingerprint density at radius 1 is 1.25 bits per heavy atom. The van der Waals surface area contributed by atoms with E-state index in [-0.39, 0.29) is 12.0 Å². The maximum atomic E-state index is 12.6. The number of rotatable bonds is 4. The molecular weight excluding hydrogens is 421 g/mol. The Labute approximate surface area is 154 Å². The Bertz CT molecular complexity index is 708. The molecule has 1 atom stereocenters. The standard InChI is InChI=1S/C17H18IN3O3/c1-23-15-9-19-10-16(20-15)24-14-3-2-8-21(11-14)17(22)12-4-6-13(18)7-5-12/h4-7,9-10,14H,2-3,8,11H2,1H3. The van der Waals surface area contributed by atoms with Gasteiger partial charge >= 0.3 is 0 Å². The number of nitrogens with zero attached hydrogens (tertiary/aromatic N) is 3. The highest BCUT2D eigenvalue weighted by atomic mass is 127. The van der Waals surface area contributed by atoms with Crippen molar-refractivity contribution in [2.24, 2.45) is 0 Å². The van der Waals surface area contributed by atoms with Crippen molar-refractivity contribution >= 4 is 28.5 Å². The SMILES string of the molecule is COc1cncc(OC2CCCN(C(=O)c3ccc(I)cc3)C2)n1. The van der Waals surface area contributed by atoms with Crippen LogP contribution in [0.25, 0.3) is 0 Å². The Balaban J connectivity index is 1.65. The second kappa shape index (κ2) is 7.78. The first-order valence-electron chi connectivity index (χ1n) is 7.73. The van der Waals surface area contributed by atoms with E-state index in [2.05, 4.69) is 32.6 Å². The van der Waals surface area contributed by atoms with Crippen molar-refractivity contribution in [2.45, 2.75) is 18.9 Å². The molecule has 7 heteroatoms. The van der Waals surface area contributed by atoms with Gasteiger partial charge < -0.3 is 14.4 Å². The zero-order valence-electron chi connectivity index (χ0n) is 13.3. The molecule has 1 aliphatic heterocycles. The normalized spacial score (nSPS) is 17.4. The first-order chi connectivity index (χ1) is 11.7. The van der Waals surface area contributed by atoms with Gasteiger partial charge in [-0.05, 0) is 59.7 Å². The van der Waals surface area contributed by atoms with E-state index in [9.17, 15) is 4.79 Å². The fraction of sp³-hybridized carbons (Fsp3) is 0.353. The lowest BCUT2D eigenvalue weighted by atomic mass is 10.1. The summed E-state index contributed by atoms with van der Waals surface area (Å²) in [5, 5.41) is 0. The van der Waals surface area contributed by atoms with Gasteiger partial charge in [-0.3, -0.25) is 9.78 Å². The highest BCUT2D eigenvalue weighted by Gasteiger charge is 2.26. The molecule has 1 unspecified atom stereocenters. The quantitative estimate of drug-likeness (QED) is 0.686. The van der Waals surface area contributed by atoms with Crippen molar-refractivity contribution in [3.63, 3.8) is 0 Å². The monoisotopic (exact) mass is 439 g/mol. The van der Waals surface area contributed by atoms with Crippen LogP contribution in [-0.2, 0) is 0 Å². The Hall–Kier alpha value is -1.90. The van der Waals surface area contributed by atoms with Gasteiger partial charge in [-0.25, -0.2) is 0 Å². The molecule has 1 aromatic heterocycles. The molecule has 24 heavy (non-hydrogen) atoms. The molecule has 0 spiro atoms. The predicted molar refractivity (Wildman–Crippen MR) is 97.3 cm³/mol. The van der Waals surface area contributed by atoms with Crippen molar-refractivity contribution in [1.82, 2.24) is 14.9 Å². The van der Waals surface area contributed by atoms with Crippen LogP contribution in [0.3, 0.4) is 0 Å². The molecule has 3 rings (SSSR count). The smallest absolute Gasteiger partial charge is 0.253 e. The van der Waals surface area contributed by atoms with Gasteiger partial charge in [0.05, 0.1) is 26.0 Å². The molecule has 0 bridgehead atoms. The van der Waals surface area contributed by atoms with Gasteiger partial charge in [-0.2, -0.15) is 4.98 Å². The van der Waals surface area contributed by atoms with Crippen LogP contribution < -0.4 is 9.47 Å². The lowest BCUT2D eigenvalue weighted by Crippen LogP contribution is -2.44. The number of hydrogen-bond acceptors (Lipinski definition) is 5.